The van der Waals surface area contributed by atoms with Gasteiger partial charge in [-0.2, -0.15) is 0 Å². The van der Waals surface area contributed by atoms with Crippen LogP contribution in [0.15, 0.2) is 54.6 Å². The number of amides is 1. The van der Waals surface area contributed by atoms with Crippen LogP contribution < -0.4 is 0 Å². The minimum Gasteiger partial charge on any atom is -0.478 e. The van der Waals surface area contributed by atoms with Crippen molar-refractivity contribution in [3.8, 4) is 0 Å². The topological polar surface area (TPSA) is 57.6 Å². The zero-order chi connectivity index (χ0) is 18.4. The van der Waals surface area contributed by atoms with Crippen molar-refractivity contribution in [1.82, 2.24) is 4.90 Å². The maximum Gasteiger partial charge on any atom is 0.335 e. The number of nitrogens with zero attached hydrogens (tertiary/aromatic N) is 1. The summed E-state index contributed by atoms with van der Waals surface area (Å²) in [7, 11) is 0. The van der Waals surface area contributed by atoms with Crippen LogP contribution in [0.2, 0.25) is 0 Å². The van der Waals surface area contributed by atoms with Crippen molar-refractivity contribution in [3.05, 3.63) is 71.3 Å². The minimum atomic E-state index is -0.928. The molecular formula is C22H25NO3. The van der Waals surface area contributed by atoms with E-state index in [1.165, 1.54) is 12.0 Å². The first kappa shape index (κ1) is 18.2. The molecule has 26 heavy (non-hydrogen) atoms. The summed E-state index contributed by atoms with van der Waals surface area (Å²) < 4.78 is 0. The Kier molecular flexibility index (Phi) is 6.05. The Bertz CT molecular complexity index is 740. The number of likely N-dealkylation sites (tertiary alicyclic amines) is 1. The van der Waals surface area contributed by atoms with Crippen LogP contribution in [0.4, 0.5) is 0 Å². The fourth-order valence-corrected chi connectivity index (χ4v) is 3.64. The van der Waals surface area contributed by atoms with Gasteiger partial charge in [-0.15, -0.1) is 0 Å². The first-order chi connectivity index (χ1) is 12.6. The smallest absolute Gasteiger partial charge is 0.335 e. The molecule has 2 aromatic carbocycles. The number of carboxylic acids is 1. The first-order valence-corrected chi connectivity index (χ1v) is 9.32. The van der Waals surface area contributed by atoms with E-state index in [-0.39, 0.29) is 17.5 Å². The molecule has 0 saturated carbocycles. The molecule has 0 aromatic heterocycles. The Morgan fingerprint density at radius 1 is 0.962 bits per heavy atom. The van der Waals surface area contributed by atoms with Crippen molar-refractivity contribution >= 4 is 11.9 Å². The molecule has 0 radical (unpaired) electrons. The summed E-state index contributed by atoms with van der Waals surface area (Å²) in [4.78, 5) is 25.9. The molecular weight excluding hydrogens is 326 g/mol. The van der Waals surface area contributed by atoms with Gasteiger partial charge in [0.1, 0.15) is 0 Å². The van der Waals surface area contributed by atoms with Crippen molar-refractivity contribution in [2.24, 2.45) is 0 Å². The van der Waals surface area contributed by atoms with Crippen LogP contribution in [0.1, 0.15) is 59.6 Å². The third-order valence-corrected chi connectivity index (χ3v) is 5.09. The number of rotatable bonds is 5. The molecule has 2 aromatic rings. The molecule has 4 heteroatoms. The molecule has 1 saturated heterocycles. The molecule has 1 atom stereocenters. The van der Waals surface area contributed by atoms with Gasteiger partial charge in [0.15, 0.2) is 0 Å². The van der Waals surface area contributed by atoms with Gasteiger partial charge in [-0.25, -0.2) is 4.79 Å². The average Bonchev–Trinajstić information content (AvgIpc) is 2.93. The quantitative estimate of drug-likeness (QED) is 0.865. The van der Waals surface area contributed by atoms with E-state index in [0.29, 0.717) is 12.8 Å². The number of hydrogen-bond acceptors (Lipinski definition) is 2. The predicted molar refractivity (Wildman–Crippen MR) is 101 cm³/mol. The second kappa shape index (κ2) is 8.65. The summed E-state index contributed by atoms with van der Waals surface area (Å²) in [5, 5.41) is 8.97. The molecule has 136 valence electrons. The number of hydrogen-bond donors (Lipinski definition) is 1. The van der Waals surface area contributed by atoms with E-state index in [1.807, 2.05) is 23.1 Å². The summed E-state index contributed by atoms with van der Waals surface area (Å²) in [6.07, 6.45) is 5.49. The predicted octanol–water partition coefficient (Wildman–Crippen LogP) is 4.46. The van der Waals surface area contributed by atoms with Gasteiger partial charge in [-0.1, -0.05) is 55.3 Å². The van der Waals surface area contributed by atoms with Crippen molar-refractivity contribution in [1.29, 1.82) is 0 Å². The average molecular weight is 351 g/mol. The Morgan fingerprint density at radius 3 is 2.38 bits per heavy atom. The lowest BCUT2D eigenvalue weighted by Crippen LogP contribution is -2.35. The molecule has 4 nitrogen and oxygen atoms in total. The summed E-state index contributed by atoms with van der Waals surface area (Å²) in [6.45, 7) is 0.816. The monoisotopic (exact) mass is 351 g/mol. The van der Waals surface area contributed by atoms with Gasteiger partial charge in [-0.3, -0.25) is 4.79 Å². The van der Waals surface area contributed by atoms with Gasteiger partial charge in [0.05, 0.1) is 11.6 Å². The van der Waals surface area contributed by atoms with Crippen LogP contribution in [0, 0.1) is 0 Å². The molecule has 1 aliphatic heterocycles. The number of aromatic carboxylic acids is 1. The fourth-order valence-electron chi connectivity index (χ4n) is 3.64. The molecule has 1 heterocycles. The fraction of sp³-hybridized carbons (Fsp3) is 0.364. The van der Waals surface area contributed by atoms with E-state index in [9.17, 15) is 9.59 Å². The first-order valence-electron chi connectivity index (χ1n) is 9.32. The van der Waals surface area contributed by atoms with Gasteiger partial charge in [0, 0.05) is 13.0 Å². The highest BCUT2D eigenvalue weighted by atomic mass is 16.4. The van der Waals surface area contributed by atoms with E-state index in [0.717, 1.165) is 31.4 Å². The molecule has 0 spiro atoms. The van der Waals surface area contributed by atoms with Crippen molar-refractivity contribution in [3.63, 3.8) is 0 Å². The highest BCUT2D eigenvalue weighted by Crippen LogP contribution is 2.30. The normalized spacial score (nSPS) is 17.5. The maximum atomic E-state index is 12.9. The molecule has 1 unspecified atom stereocenters. The van der Waals surface area contributed by atoms with Crippen LogP contribution in [0.25, 0.3) is 0 Å². The second-order valence-corrected chi connectivity index (χ2v) is 6.87. The summed E-state index contributed by atoms with van der Waals surface area (Å²) >= 11 is 0. The molecule has 1 fully saturated rings. The van der Waals surface area contributed by atoms with Crippen molar-refractivity contribution in [2.45, 2.75) is 44.6 Å². The van der Waals surface area contributed by atoms with Crippen LogP contribution in [-0.2, 0) is 11.2 Å². The maximum absolute atomic E-state index is 12.9. The summed E-state index contributed by atoms with van der Waals surface area (Å²) in [5.41, 5.74) is 2.49. The van der Waals surface area contributed by atoms with Crippen LogP contribution >= 0.6 is 0 Å². The minimum absolute atomic E-state index is 0.167. The molecule has 1 aliphatic rings. The zero-order valence-electron chi connectivity index (χ0n) is 14.9. The van der Waals surface area contributed by atoms with E-state index < -0.39 is 5.97 Å². The number of carbonyl (C=O) groups is 2. The molecule has 3 rings (SSSR count). The standard InChI is InChI=1S/C22H25NO3/c24-21(15-12-17-10-13-19(14-11-17)22(25)26)23-16-6-2-5-9-20(23)18-7-3-1-4-8-18/h1,3-4,7-8,10-11,13-14,20H,2,5-6,9,12,15-16H2,(H,25,26). The van der Waals surface area contributed by atoms with E-state index >= 15 is 0 Å². The molecule has 1 amide bonds. The third-order valence-electron chi connectivity index (χ3n) is 5.09. The third kappa shape index (κ3) is 4.51. The van der Waals surface area contributed by atoms with Gasteiger partial charge in [0.2, 0.25) is 5.91 Å². The number of carbonyl (C=O) groups excluding carboxylic acids is 1. The Balaban J connectivity index is 1.67. The van der Waals surface area contributed by atoms with Gasteiger partial charge in [0.25, 0.3) is 0 Å². The van der Waals surface area contributed by atoms with Crippen LogP contribution in [0.3, 0.4) is 0 Å². The van der Waals surface area contributed by atoms with Crippen LogP contribution in [-0.4, -0.2) is 28.4 Å². The number of aryl methyl sites for hydroxylation is 1. The summed E-state index contributed by atoms with van der Waals surface area (Å²) in [5.74, 6) is -0.744. The van der Waals surface area contributed by atoms with Gasteiger partial charge >= 0.3 is 5.97 Å². The lowest BCUT2D eigenvalue weighted by molar-refractivity contribution is -0.133. The Morgan fingerprint density at radius 2 is 1.69 bits per heavy atom. The zero-order valence-corrected chi connectivity index (χ0v) is 14.9. The lowest BCUT2D eigenvalue weighted by Gasteiger charge is -2.30. The van der Waals surface area contributed by atoms with Crippen LogP contribution in [0.5, 0.6) is 0 Å². The SMILES string of the molecule is O=C(O)c1ccc(CCC(=O)N2CCCCCC2c2ccccc2)cc1. The van der Waals surface area contributed by atoms with E-state index in [2.05, 4.69) is 12.1 Å². The van der Waals surface area contributed by atoms with Crippen molar-refractivity contribution < 1.29 is 14.7 Å². The Hall–Kier alpha value is -2.62. The largest absolute Gasteiger partial charge is 0.478 e. The van der Waals surface area contributed by atoms with Gasteiger partial charge in [-0.05, 0) is 42.5 Å². The van der Waals surface area contributed by atoms with E-state index in [4.69, 9.17) is 5.11 Å². The highest BCUT2D eigenvalue weighted by Gasteiger charge is 2.26. The number of benzene rings is 2. The molecule has 0 bridgehead atoms. The highest BCUT2D eigenvalue weighted by molar-refractivity contribution is 5.87. The molecule has 1 N–H and O–H groups in total. The van der Waals surface area contributed by atoms with E-state index in [1.54, 1.807) is 24.3 Å². The summed E-state index contributed by atoms with van der Waals surface area (Å²) in [6, 6.07) is 17.3. The Labute approximate surface area is 154 Å². The lowest BCUT2D eigenvalue weighted by atomic mass is 10.00. The van der Waals surface area contributed by atoms with Crippen molar-refractivity contribution in [2.75, 3.05) is 6.54 Å². The number of carboxylic acid groups (broad SMARTS) is 1. The second-order valence-electron chi connectivity index (χ2n) is 6.87. The molecule has 0 aliphatic carbocycles. The van der Waals surface area contributed by atoms with Gasteiger partial charge < -0.3 is 10.0 Å².